The number of likely N-dealkylation sites (tertiary alicyclic amines) is 1. The third-order valence-corrected chi connectivity index (χ3v) is 4.91. The van der Waals surface area contributed by atoms with Crippen LogP contribution >= 0.6 is 0 Å². The van der Waals surface area contributed by atoms with E-state index >= 15 is 0 Å². The molecule has 3 aromatic rings. The molecule has 27 heavy (non-hydrogen) atoms. The molecular formula is C19H21N5O3. The topological polar surface area (TPSA) is 92.0 Å². The molecule has 4 rings (SSSR count). The van der Waals surface area contributed by atoms with Crippen LogP contribution in [-0.4, -0.2) is 56.9 Å². The number of rotatable bonds is 5. The maximum Gasteiger partial charge on any atom is 0.407 e. The maximum absolute atomic E-state index is 11.3. The molecule has 8 nitrogen and oxygen atoms in total. The van der Waals surface area contributed by atoms with E-state index in [4.69, 9.17) is 4.74 Å². The van der Waals surface area contributed by atoms with Gasteiger partial charge in [0.25, 0.3) is 0 Å². The van der Waals surface area contributed by atoms with E-state index < -0.39 is 6.09 Å². The summed E-state index contributed by atoms with van der Waals surface area (Å²) >= 11 is 0. The highest BCUT2D eigenvalue weighted by Crippen LogP contribution is 2.32. The smallest absolute Gasteiger partial charge is 0.407 e. The molecule has 0 aliphatic carbocycles. The van der Waals surface area contributed by atoms with E-state index in [1.807, 2.05) is 36.5 Å². The van der Waals surface area contributed by atoms with Crippen molar-refractivity contribution in [3.05, 3.63) is 42.7 Å². The minimum absolute atomic E-state index is 0.0286. The highest BCUT2D eigenvalue weighted by molar-refractivity contribution is 5.81. The Bertz CT molecular complexity index is 971. The highest BCUT2D eigenvalue weighted by atomic mass is 16.5. The number of nitrogens with zero attached hydrogens (tertiary/aromatic N) is 4. The molecule has 1 unspecified atom stereocenters. The molecule has 3 heterocycles. The van der Waals surface area contributed by atoms with E-state index in [0.29, 0.717) is 24.6 Å². The minimum Gasteiger partial charge on any atom is -0.496 e. The van der Waals surface area contributed by atoms with E-state index in [1.165, 1.54) is 4.90 Å². The Balaban J connectivity index is 1.60. The molecule has 2 aromatic heterocycles. The Labute approximate surface area is 156 Å². The molecule has 0 bridgehead atoms. The fraction of sp³-hybridized carbons (Fsp3) is 0.316. The Kier molecular flexibility index (Phi) is 4.53. The van der Waals surface area contributed by atoms with Crippen molar-refractivity contribution < 1.29 is 14.6 Å². The van der Waals surface area contributed by atoms with Gasteiger partial charge in [-0.3, -0.25) is 0 Å². The Morgan fingerprint density at radius 3 is 3.00 bits per heavy atom. The zero-order valence-electron chi connectivity index (χ0n) is 15.0. The third kappa shape index (κ3) is 3.25. The standard InChI is InChI=1S/C19H21N5O3/c1-27-16-7-3-2-6-14(16)15-12-21-24-10-8-17(22-18(15)24)20-11-13-5-4-9-23(13)19(25)26/h2-3,6-8,10,12-13H,4-5,9,11H2,1H3,(H,20,22)(H,25,26). The average Bonchev–Trinajstić information content (AvgIpc) is 3.33. The third-order valence-electron chi connectivity index (χ3n) is 4.91. The van der Waals surface area contributed by atoms with E-state index in [2.05, 4.69) is 15.4 Å². The molecule has 0 spiro atoms. The predicted octanol–water partition coefficient (Wildman–Crippen LogP) is 2.96. The van der Waals surface area contributed by atoms with Crippen molar-refractivity contribution >= 4 is 17.6 Å². The quantitative estimate of drug-likeness (QED) is 0.720. The summed E-state index contributed by atoms with van der Waals surface area (Å²) in [4.78, 5) is 17.5. The van der Waals surface area contributed by atoms with Crippen LogP contribution in [0.5, 0.6) is 5.75 Å². The molecular weight excluding hydrogens is 346 g/mol. The monoisotopic (exact) mass is 367 g/mol. The number of amides is 1. The first-order valence-corrected chi connectivity index (χ1v) is 8.88. The van der Waals surface area contributed by atoms with Crippen molar-refractivity contribution in [2.45, 2.75) is 18.9 Å². The van der Waals surface area contributed by atoms with Gasteiger partial charge in [-0.15, -0.1) is 0 Å². The van der Waals surface area contributed by atoms with Crippen molar-refractivity contribution in [3.8, 4) is 16.9 Å². The lowest BCUT2D eigenvalue weighted by Gasteiger charge is -2.21. The van der Waals surface area contributed by atoms with Crippen LogP contribution in [0.25, 0.3) is 16.8 Å². The largest absolute Gasteiger partial charge is 0.496 e. The first-order valence-electron chi connectivity index (χ1n) is 8.88. The number of benzene rings is 1. The van der Waals surface area contributed by atoms with Crippen molar-refractivity contribution in [1.29, 1.82) is 0 Å². The van der Waals surface area contributed by atoms with Crippen LogP contribution in [0.2, 0.25) is 0 Å². The second kappa shape index (κ2) is 7.14. The maximum atomic E-state index is 11.3. The van der Waals surface area contributed by atoms with Crippen LogP contribution in [0, 0.1) is 0 Å². The van der Waals surface area contributed by atoms with Crippen molar-refractivity contribution in [2.24, 2.45) is 0 Å². The molecule has 0 radical (unpaired) electrons. The number of nitrogens with one attached hydrogen (secondary N) is 1. The van der Waals surface area contributed by atoms with E-state index in [-0.39, 0.29) is 6.04 Å². The normalized spacial score (nSPS) is 16.6. The average molecular weight is 367 g/mol. The minimum atomic E-state index is -0.864. The van der Waals surface area contributed by atoms with Gasteiger partial charge in [0, 0.05) is 24.8 Å². The number of fused-ring (bicyclic) bond motifs is 1. The van der Waals surface area contributed by atoms with E-state index in [1.54, 1.807) is 17.8 Å². The van der Waals surface area contributed by atoms with Crippen LogP contribution in [0.15, 0.2) is 42.7 Å². The van der Waals surface area contributed by atoms with Gasteiger partial charge in [-0.25, -0.2) is 14.3 Å². The Hall–Kier alpha value is -3.29. The number of carboxylic acid groups (broad SMARTS) is 1. The van der Waals surface area contributed by atoms with Gasteiger partial charge in [0.1, 0.15) is 11.6 Å². The molecule has 1 aromatic carbocycles. The van der Waals surface area contributed by atoms with Crippen LogP contribution in [-0.2, 0) is 0 Å². The number of carbonyl (C=O) groups is 1. The number of para-hydroxylation sites is 1. The fourth-order valence-corrected chi connectivity index (χ4v) is 3.55. The lowest BCUT2D eigenvalue weighted by atomic mass is 10.1. The lowest BCUT2D eigenvalue weighted by molar-refractivity contribution is 0.142. The zero-order chi connectivity index (χ0) is 18.8. The number of hydrogen-bond acceptors (Lipinski definition) is 5. The summed E-state index contributed by atoms with van der Waals surface area (Å²) in [6.45, 7) is 1.13. The summed E-state index contributed by atoms with van der Waals surface area (Å²) in [6, 6.07) is 9.56. The summed E-state index contributed by atoms with van der Waals surface area (Å²) < 4.78 is 7.17. The number of ether oxygens (including phenoxy) is 1. The highest BCUT2D eigenvalue weighted by Gasteiger charge is 2.28. The molecule has 140 valence electrons. The Morgan fingerprint density at radius 1 is 1.33 bits per heavy atom. The molecule has 1 atom stereocenters. The second-order valence-electron chi connectivity index (χ2n) is 6.49. The van der Waals surface area contributed by atoms with Gasteiger partial charge in [0.05, 0.1) is 24.9 Å². The Morgan fingerprint density at radius 2 is 2.19 bits per heavy atom. The zero-order valence-corrected chi connectivity index (χ0v) is 15.0. The van der Waals surface area contributed by atoms with Gasteiger partial charge in [0.15, 0.2) is 5.65 Å². The van der Waals surface area contributed by atoms with Crippen molar-refractivity contribution in [1.82, 2.24) is 19.5 Å². The van der Waals surface area contributed by atoms with Crippen LogP contribution in [0.1, 0.15) is 12.8 Å². The molecule has 1 fully saturated rings. The van der Waals surface area contributed by atoms with Crippen LogP contribution < -0.4 is 10.1 Å². The summed E-state index contributed by atoms with van der Waals surface area (Å²) in [6.07, 6.45) is 4.50. The van der Waals surface area contributed by atoms with Gasteiger partial charge in [0.2, 0.25) is 0 Å². The molecule has 2 N–H and O–H groups in total. The number of anilines is 1. The number of methoxy groups -OCH3 is 1. The second-order valence-corrected chi connectivity index (χ2v) is 6.49. The number of aromatic nitrogens is 3. The molecule has 1 amide bonds. The van der Waals surface area contributed by atoms with Crippen LogP contribution in [0.4, 0.5) is 10.6 Å². The van der Waals surface area contributed by atoms with E-state index in [0.717, 1.165) is 29.7 Å². The molecule has 8 heteroatoms. The first-order chi connectivity index (χ1) is 13.2. The predicted molar refractivity (Wildman–Crippen MR) is 101 cm³/mol. The SMILES string of the molecule is COc1ccccc1-c1cnn2ccc(NCC3CCCN3C(=O)O)nc12. The lowest BCUT2D eigenvalue weighted by Crippen LogP contribution is -2.38. The van der Waals surface area contributed by atoms with Crippen molar-refractivity contribution in [2.75, 3.05) is 25.5 Å². The molecule has 1 aliphatic heterocycles. The van der Waals surface area contributed by atoms with Gasteiger partial charge >= 0.3 is 6.09 Å². The van der Waals surface area contributed by atoms with Gasteiger partial charge in [-0.2, -0.15) is 5.10 Å². The molecule has 1 saturated heterocycles. The fourth-order valence-electron chi connectivity index (χ4n) is 3.55. The van der Waals surface area contributed by atoms with Crippen molar-refractivity contribution in [3.63, 3.8) is 0 Å². The summed E-state index contributed by atoms with van der Waals surface area (Å²) in [5, 5.41) is 16.9. The van der Waals surface area contributed by atoms with E-state index in [9.17, 15) is 9.90 Å². The van der Waals surface area contributed by atoms with Gasteiger partial charge < -0.3 is 20.1 Å². The van der Waals surface area contributed by atoms with Gasteiger partial charge in [-0.05, 0) is 25.0 Å². The van der Waals surface area contributed by atoms with Gasteiger partial charge in [-0.1, -0.05) is 18.2 Å². The first kappa shape index (κ1) is 17.1. The molecule has 0 saturated carbocycles. The summed E-state index contributed by atoms with van der Waals surface area (Å²) in [5.41, 5.74) is 2.52. The summed E-state index contributed by atoms with van der Waals surface area (Å²) in [7, 11) is 1.64. The van der Waals surface area contributed by atoms with Crippen LogP contribution in [0.3, 0.4) is 0 Å². The summed E-state index contributed by atoms with van der Waals surface area (Å²) in [5.74, 6) is 1.45. The number of hydrogen-bond donors (Lipinski definition) is 2. The molecule has 1 aliphatic rings.